The van der Waals surface area contributed by atoms with Gasteiger partial charge in [0, 0.05) is 43.8 Å². The van der Waals surface area contributed by atoms with E-state index in [0.29, 0.717) is 17.6 Å². The maximum absolute atomic E-state index is 13.8. The van der Waals surface area contributed by atoms with Gasteiger partial charge in [0.2, 0.25) is 5.91 Å². The first kappa shape index (κ1) is 27.4. The quantitative estimate of drug-likeness (QED) is 0.328. The van der Waals surface area contributed by atoms with E-state index in [2.05, 4.69) is 61.1 Å². The van der Waals surface area contributed by atoms with E-state index in [1.54, 1.807) is 18.3 Å². The minimum absolute atomic E-state index is 0.109. The lowest BCUT2D eigenvalue weighted by molar-refractivity contribution is -0.111. The number of allylic oxidation sites excluding steroid dienone is 1. The van der Waals surface area contributed by atoms with Crippen LogP contribution in [0.25, 0.3) is 0 Å². The van der Waals surface area contributed by atoms with E-state index >= 15 is 0 Å². The summed E-state index contributed by atoms with van der Waals surface area (Å²) in [6, 6.07) is 9.82. The van der Waals surface area contributed by atoms with Crippen LogP contribution in [0.5, 0.6) is 0 Å². The summed E-state index contributed by atoms with van der Waals surface area (Å²) >= 11 is 0. The molecule has 0 aliphatic carbocycles. The molecule has 1 amide bonds. The van der Waals surface area contributed by atoms with Gasteiger partial charge < -0.3 is 25.8 Å². The van der Waals surface area contributed by atoms with Gasteiger partial charge in [-0.05, 0) is 50.2 Å². The molecule has 1 aromatic carbocycles. The molecule has 1 fully saturated rings. The highest BCUT2D eigenvalue weighted by atomic mass is 19.4. The molecule has 9 nitrogen and oxygen atoms in total. The molecular formula is C25H29F3N8O. The number of rotatable bonds is 10. The van der Waals surface area contributed by atoms with Gasteiger partial charge in [-0.15, -0.1) is 0 Å². The highest BCUT2D eigenvalue weighted by Crippen LogP contribution is 2.29. The number of alkyl halides is 3. The van der Waals surface area contributed by atoms with Gasteiger partial charge in [-0.3, -0.25) is 9.79 Å². The Kier molecular flexibility index (Phi) is 9.39. The van der Waals surface area contributed by atoms with Crippen molar-refractivity contribution >= 4 is 41.7 Å². The Labute approximate surface area is 213 Å². The SMILES string of the molecule is C=CC(=O)Nc1cccc(N/C(N=C)=C(/C=N\CNc2ccc(N3CCN(C)CC3)nc2)C(F)(F)F)c1. The molecule has 1 saturated heterocycles. The number of likely N-dealkylation sites (N-methyl/N-ethyl adjacent to an activating group) is 1. The molecule has 3 rings (SSSR count). The van der Waals surface area contributed by atoms with E-state index in [1.807, 2.05) is 12.1 Å². The van der Waals surface area contributed by atoms with Crippen molar-refractivity contribution in [2.45, 2.75) is 6.18 Å². The predicted octanol–water partition coefficient (Wildman–Crippen LogP) is 3.98. The Balaban J connectivity index is 1.66. The van der Waals surface area contributed by atoms with Gasteiger partial charge in [-0.1, -0.05) is 12.6 Å². The fourth-order valence-electron chi connectivity index (χ4n) is 3.45. The Morgan fingerprint density at radius 1 is 1.11 bits per heavy atom. The van der Waals surface area contributed by atoms with Crippen LogP contribution in [0.1, 0.15) is 0 Å². The second-order valence-corrected chi connectivity index (χ2v) is 8.16. The van der Waals surface area contributed by atoms with Crippen molar-refractivity contribution < 1.29 is 18.0 Å². The topological polar surface area (TPSA) is 97.2 Å². The maximum atomic E-state index is 13.8. The Bertz CT molecular complexity index is 1150. The number of aliphatic imine (C=N–C) groups is 2. The number of aromatic nitrogens is 1. The van der Waals surface area contributed by atoms with Crippen LogP contribution in [-0.4, -0.2) is 74.8 Å². The summed E-state index contributed by atoms with van der Waals surface area (Å²) in [4.78, 5) is 27.8. The van der Waals surface area contributed by atoms with Gasteiger partial charge in [0.05, 0.1) is 11.9 Å². The summed E-state index contributed by atoms with van der Waals surface area (Å²) < 4.78 is 41.3. The smallest absolute Gasteiger partial charge is 0.365 e. The number of carbonyl (C=O) groups is 1. The van der Waals surface area contributed by atoms with Crippen LogP contribution < -0.4 is 20.9 Å². The highest BCUT2D eigenvalue weighted by Gasteiger charge is 2.35. The zero-order valence-electron chi connectivity index (χ0n) is 20.4. The van der Waals surface area contributed by atoms with Gasteiger partial charge in [0.25, 0.3) is 0 Å². The van der Waals surface area contributed by atoms with Crippen LogP contribution in [0.4, 0.5) is 36.1 Å². The van der Waals surface area contributed by atoms with E-state index in [1.165, 1.54) is 12.1 Å². The molecule has 0 atom stereocenters. The normalized spacial score (nSPS) is 15.2. The van der Waals surface area contributed by atoms with Gasteiger partial charge in [0.15, 0.2) is 0 Å². The first-order chi connectivity index (χ1) is 17.7. The van der Waals surface area contributed by atoms with Gasteiger partial charge in [0.1, 0.15) is 23.9 Å². The molecule has 0 bridgehead atoms. The lowest BCUT2D eigenvalue weighted by Gasteiger charge is -2.33. The average Bonchev–Trinajstić information content (AvgIpc) is 2.88. The number of benzene rings is 1. The molecule has 2 heterocycles. The minimum atomic E-state index is -4.74. The zero-order valence-corrected chi connectivity index (χ0v) is 20.4. The number of nitrogens with zero attached hydrogens (tertiary/aromatic N) is 5. The van der Waals surface area contributed by atoms with Gasteiger partial charge >= 0.3 is 6.18 Å². The first-order valence-corrected chi connectivity index (χ1v) is 11.4. The van der Waals surface area contributed by atoms with Crippen LogP contribution in [0.2, 0.25) is 0 Å². The fraction of sp³-hybridized carbons (Fsp3) is 0.280. The highest BCUT2D eigenvalue weighted by molar-refractivity contribution is 5.99. The molecule has 1 aliphatic rings. The number of amides is 1. The van der Waals surface area contributed by atoms with Crippen LogP contribution in [0, 0.1) is 0 Å². The van der Waals surface area contributed by atoms with Crippen LogP contribution in [-0.2, 0) is 4.79 Å². The van der Waals surface area contributed by atoms with E-state index in [4.69, 9.17) is 0 Å². The number of halogens is 3. The number of hydrogen-bond acceptors (Lipinski definition) is 8. The fourth-order valence-corrected chi connectivity index (χ4v) is 3.45. The van der Waals surface area contributed by atoms with Crippen LogP contribution >= 0.6 is 0 Å². The maximum Gasteiger partial charge on any atom is 0.421 e. The second-order valence-electron chi connectivity index (χ2n) is 8.16. The van der Waals surface area contributed by atoms with Crippen molar-refractivity contribution in [3.8, 4) is 0 Å². The number of nitrogens with one attached hydrogen (secondary N) is 3. The van der Waals surface area contributed by atoms with Gasteiger partial charge in [-0.25, -0.2) is 9.98 Å². The Hall–Kier alpha value is -4.19. The average molecular weight is 515 g/mol. The monoisotopic (exact) mass is 514 g/mol. The van der Waals surface area contributed by atoms with Crippen LogP contribution in [0.15, 0.2) is 76.6 Å². The molecule has 37 heavy (non-hydrogen) atoms. The zero-order chi connectivity index (χ0) is 26.8. The van der Waals surface area contributed by atoms with Crippen molar-refractivity contribution in [1.29, 1.82) is 0 Å². The number of carbonyl (C=O) groups excluding carboxylic acids is 1. The second kappa shape index (κ2) is 12.7. The Morgan fingerprint density at radius 3 is 2.41 bits per heavy atom. The summed E-state index contributed by atoms with van der Waals surface area (Å²) in [5.41, 5.74) is 0.167. The molecule has 2 aromatic rings. The molecule has 1 aliphatic heterocycles. The third kappa shape index (κ3) is 8.17. The summed E-state index contributed by atoms with van der Waals surface area (Å²) in [7, 11) is 2.08. The first-order valence-electron chi connectivity index (χ1n) is 11.4. The molecule has 0 unspecified atom stereocenters. The summed E-state index contributed by atoms with van der Waals surface area (Å²) in [5, 5.41) is 8.06. The van der Waals surface area contributed by atoms with Crippen molar-refractivity contribution in [3.63, 3.8) is 0 Å². The van der Waals surface area contributed by atoms with E-state index in [-0.39, 0.29) is 12.4 Å². The predicted molar refractivity (Wildman–Crippen MR) is 142 cm³/mol. The van der Waals surface area contributed by atoms with Crippen molar-refractivity contribution in [1.82, 2.24) is 9.88 Å². The number of anilines is 4. The van der Waals surface area contributed by atoms with Crippen molar-refractivity contribution in [2.24, 2.45) is 9.98 Å². The van der Waals surface area contributed by atoms with Crippen LogP contribution in [0.3, 0.4) is 0 Å². The van der Waals surface area contributed by atoms with Crippen molar-refractivity contribution in [3.05, 3.63) is 66.6 Å². The molecular weight excluding hydrogens is 485 g/mol. The standard InChI is InChI=1S/C25H29F3N8O/c1-4-23(37)33-18-6-5-7-19(14-18)34-24(29-2)21(25(26,27)28)16-30-17-32-20-8-9-22(31-15-20)36-12-10-35(3)11-13-36/h4-9,14-16,32,34H,1-2,10-13,17H2,3H3,(H,33,37)/b24-21-,30-16-. The largest absolute Gasteiger partial charge is 0.421 e. The molecule has 0 spiro atoms. The lowest BCUT2D eigenvalue weighted by atomic mass is 10.2. The summed E-state index contributed by atoms with van der Waals surface area (Å²) in [5.74, 6) is -0.124. The molecule has 3 N–H and O–H groups in total. The number of hydrogen-bond donors (Lipinski definition) is 3. The number of piperazine rings is 1. The van der Waals surface area contributed by atoms with E-state index in [0.717, 1.165) is 38.1 Å². The van der Waals surface area contributed by atoms with Gasteiger partial charge in [-0.2, -0.15) is 13.2 Å². The molecule has 1 aromatic heterocycles. The third-order valence-electron chi connectivity index (χ3n) is 5.47. The summed E-state index contributed by atoms with van der Waals surface area (Å²) in [6.07, 6.45) is -1.34. The molecule has 196 valence electrons. The van der Waals surface area contributed by atoms with E-state index < -0.39 is 23.5 Å². The summed E-state index contributed by atoms with van der Waals surface area (Å²) in [6.45, 7) is 10.2. The lowest BCUT2D eigenvalue weighted by Crippen LogP contribution is -2.44. The molecule has 0 saturated carbocycles. The third-order valence-corrected chi connectivity index (χ3v) is 5.47. The van der Waals surface area contributed by atoms with Crippen molar-refractivity contribution in [2.75, 3.05) is 60.7 Å². The minimum Gasteiger partial charge on any atom is -0.365 e. The number of pyridine rings is 1. The molecule has 12 heteroatoms. The van der Waals surface area contributed by atoms with E-state index in [9.17, 15) is 18.0 Å². The molecule has 0 radical (unpaired) electrons. The Morgan fingerprint density at radius 2 is 1.81 bits per heavy atom.